The molecule has 1 fully saturated rings. The lowest BCUT2D eigenvalue weighted by atomic mass is 10.2. The maximum absolute atomic E-state index is 5.95. The fourth-order valence-corrected chi connectivity index (χ4v) is 4.15. The molecule has 0 unspecified atom stereocenters. The molecule has 0 spiro atoms. The smallest absolute Gasteiger partial charge is 0.189 e. The molecular formula is C10H21ClOSi. The zero-order valence-electron chi connectivity index (χ0n) is 8.65. The second kappa shape index (κ2) is 6.05. The molecule has 1 heterocycles. The molecule has 1 rings (SSSR count). The predicted octanol–water partition coefficient (Wildman–Crippen LogP) is 3.78. The summed E-state index contributed by atoms with van der Waals surface area (Å²) in [4.78, 5) is 0. The van der Waals surface area contributed by atoms with Crippen LogP contribution < -0.4 is 0 Å². The highest BCUT2D eigenvalue weighted by Crippen LogP contribution is 2.32. The van der Waals surface area contributed by atoms with Crippen LogP contribution in [-0.4, -0.2) is 20.8 Å². The van der Waals surface area contributed by atoms with Gasteiger partial charge in [-0.3, -0.25) is 0 Å². The number of unbranched alkanes of at least 4 members (excludes halogenated alkanes) is 3. The first kappa shape index (κ1) is 11.5. The molecule has 1 aliphatic heterocycles. The highest BCUT2D eigenvalue weighted by molar-refractivity contribution is 6.75. The molecule has 0 aromatic rings. The monoisotopic (exact) mass is 220 g/mol. The van der Waals surface area contributed by atoms with Gasteiger partial charge in [-0.1, -0.05) is 19.3 Å². The van der Waals surface area contributed by atoms with Crippen molar-refractivity contribution < 1.29 is 4.43 Å². The SMILES string of the molecule is C[Si]1(OCCCCCCCl)CCC1. The average Bonchev–Trinajstić information content (AvgIpc) is 2.08. The summed E-state index contributed by atoms with van der Waals surface area (Å²) in [6.07, 6.45) is 6.37. The predicted molar refractivity (Wildman–Crippen MR) is 61.0 cm³/mol. The van der Waals surface area contributed by atoms with Crippen LogP contribution in [0.25, 0.3) is 0 Å². The molecule has 1 saturated heterocycles. The van der Waals surface area contributed by atoms with Crippen molar-refractivity contribution >= 4 is 19.9 Å². The van der Waals surface area contributed by atoms with Crippen LogP contribution in [0, 0.1) is 0 Å². The number of hydrogen-bond donors (Lipinski definition) is 0. The van der Waals surface area contributed by atoms with Crippen molar-refractivity contribution in [1.29, 1.82) is 0 Å². The van der Waals surface area contributed by atoms with Gasteiger partial charge in [0.15, 0.2) is 8.32 Å². The first-order chi connectivity index (χ1) is 6.27. The molecule has 78 valence electrons. The third kappa shape index (κ3) is 4.48. The number of halogens is 1. The van der Waals surface area contributed by atoms with Crippen molar-refractivity contribution in [3.8, 4) is 0 Å². The Bertz CT molecular complexity index is 137. The van der Waals surface area contributed by atoms with Gasteiger partial charge in [-0.05, 0) is 31.5 Å². The van der Waals surface area contributed by atoms with E-state index in [-0.39, 0.29) is 0 Å². The first-order valence-corrected chi connectivity index (χ1v) is 8.82. The molecular weight excluding hydrogens is 200 g/mol. The van der Waals surface area contributed by atoms with Crippen molar-refractivity contribution in [1.82, 2.24) is 0 Å². The lowest BCUT2D eigenvalue weighted by molar-refractivity contribution is 0.279. The van der Waals surface area contributed by atoms with Gasteiger partial charge in [-0.25, -0.2) is 0 Å². The number of alkyl halides is 1. The molecule has 1 aliphatic rings. The molecule has 0 N–H and O–H groups in total. The van der Waals surface area contributed by atoms with Gasteiger partial charge in [0.05, 0.1) is 0 Å². The third-order valence-corrected chi connectivity index (χ3v) is 6.88. The van der Waals surface area contributed by atoms with Crippen LogP contribution in [0.1, 0.15) is 32.1 Å². The summed E-state index contributed by atoms with van der Waals surface area (Å²) in [6.45, 7) is 3.38. The standard InChI is InChI=1S/C10H21ClOSi/c1-13(9-6-10-13)12-8-5-3-2-4-7-11/h2-10H2,1H3. The van der Waals surface area contributed by atoms with Crippen LogP contribution in [0.4, 0.5) is 0 Å². The van der Waals surface area contributed by atoms with E-state index < -0.39 is 8.32 Å². The Hall–Kier alpha value is 0.467. The van der Waals surface area contributed by atoms with E-state index in [4.69, 9.17) is 16.0 Å². The van der Waals surface area contributed by atoms with E-state index >= 15 is 0 Å². The second-order valence-corrected chi connectivity index (χ2v) is 8.82. The van der Waals surface area contributed by atoms with Crippen LogP contribution >= 0.6 is 11.6 Å². The molecule has 0 aliphatic carbocycles. The van der Waals surface area contributed by atoms with Gasteiger partial charge in [0.2, 0.25) is 0 Å². The molecule has 0 radical (unpaired) electrons. The summed E-state index contributed by atoms with van der Waals surface area (Å²) in [6, 6.07) is 2.80. The summed E-state index contributed by atoms with van der Waals surface area (Å²) >= 11 is 5.59. The molecule has 3 heteroatoms. The molecule has 1 nitrogen and oxygen atoms in total. The fraction of sp³-hybridized carbons (Fsp3) is 1.00. The third-order valence-electron chi connectivity index (χ3n) is 2.89. The Morgan fingerprint density at radius 2 is 1.85 bits per heavy atom. The van der Waals surface area contributed by atoms with E-state index in [1.165, 1.54) is 37.8 Å². The minimum Gasteiger partial charge on any atom is -0.417 e. The van der Waals surface area contributed by atoms with E-state index in [1.54, 1.807) is 0 Å². The minimum absolute atomic E-state index is 0.813. The highest BCUT2D eigenvalue weighted by Gasteiger charge is 2.35. The number of rotatable bonds is 7. The maximum Gasteiger partial charge on any atom is 0.189 e. The van der Waals surface area contributed by atoms with E-state index in [1.807, 2.05) is 0 Å². The Morgan fingerprint density at radius 1 is 1.15 bits per heavy atom. The van der Waals surface area contributed by atoms with E-state index in [2.05, 4.69) is 6.55 Å². The fourth-order valence-electron chi connectivity index (χ4n) is 1.69. The highest BCUT2D eigenvalue weighted by atomic mass is 35.5. The van der Waals surface area contributed by atoms with Gasteiger partial charge in [0, 0.05) is 12.5 Å². The Kier molecular flexibility index (Phi) is 5.37. The normalized spacial score (nSPS) is 19.8. The van der Waals surface area contributed by atoms with Gasteiger partial charge in [0.1, 0.15) is 0 Å². The van der Waals surface area contributed by atoms with Crippen LogP contribution in [0.2, 0.25) is 18.6 Å². The number of hydrogen-bond acceptors (Lipinski definition) is 1. The van der Waals surface area contributed by atoms with Crippen LogP contribution in [-0.2, 0) is 4.43 Å². The average molecular weight is 221 g/mol. The molecule has 0 saturated carbocycles. The van der Waals surface area contributed by atoms with E-state index in [9.17, 15) is 0 Å². The Labute approximate surface area is 87.9 Å². The van der Waals surface area contributed by atoms with Crippen LogP contribution in [0.3, 0.4) is 0 Å². The van der Waals surface area contributed by atoms with Gasteiger partial charge in [0.25, 0.3) is 0 Å². The minimum atomic E-state index is -1.09. The molecule has 13 heavy (non-hydrogen) atoms. The molecule has 0 amide bonds. The Balaban J connectivity index is 1.83. The quantitative estimate of drug-likeness (QED) is 0.361. The molecule has 0 bridgehead atoms. The van der Waals surface area contributed by atoms with Crippen molar-refractivity contribution in [2.75, 3.05) is 12.5 Å². The van der Waals surface area contributed by atoms with Crippen LogP contribution in [0.15, 0.2) is 0 Å². The zero-order chi connectivity index (χ0) is 9.57. The summed E-state index contributed by atoms with van der Waals surface area (Å²) < 4.78 is 5.95. The summed E-state index contributed by atoms with van der Waals surface area (Å²) in [7, 11) is -1.09. The van der Waals surface area contributed by atoms with Crippen molar-refractivity contribution in [2.24, 2.45) is 0 Å². The summed E-state index contributed by atoms with van der Waals surface area (Å²) in [5.74, 6) is 0.813. The maximum atomic E-state index is 5.95. The first-order valence-electron chi connectivity index (χ1n) is 5.47. The van der Waals surface area contributed by atoms with Crippen molar-refractivity contribution in [2.45, 2.75) is 50.7 Å². The van der Waals surface area contributed by atoms with E-state index in [0.717, 1.165) is 18.9 Å². The summed E-state index contributed by atoms with van der Waals surface area (Å²) in [5, 5.41) is 0. The Morgan fingerprint density at radius 3 is 2.38 bits per heavy atom. The van der Waals surface area contributed by atoms with Crippen LogP contribution in [0.5, 0.6) is 0 Å². The topological polar surface area (TPSA) is 9.23 Å². The van der Waals surface area contributed by atoms with Gasteiger partial charge < -0.3 is 4.43 Å². The van der Waals surface area contributed by atoms with Crippen molar-refractivity contribution in [3.63, 3.8) is 0 Å². The molecule has 0 atom stereocenters. The molecule has 0 aromatic carbocycles. The second-order valence-electron chi connectivity index (χ2n) is 4.26. The lowest BCUT2D eigenvalue weighted by Gasteiger charge is -2.35. The van der Waals surface area contributed by atoms with Gasteiger partial charge in [-0.15, -0.1) is 11.6 Å². The lowest BCUT2D eigenvalue weighted by Crippen LogP contribution is -2.41. The van der Waals surface area contributed by atoms with E-state index in [0.29, 0.717) is 0 Å². The van der Waals surface area contributed by atoms with Gasteiger partial charge in [-0.2, -0.15) is 0 Å². The van der Waals surface area contributed by atoms with Gasteiger partial charge >= 0.3 is 0 Å². The van der Waals surface area contributed by atoms with Crippen molar-refractivity contribution in [3.05, 3.63) is 0 Å². The molecule has 0 aromatic heterocycles. The zero-order valence-corrected chi connectivity index (χ0v) is 10.4. The largest absolute Gasteiger partial charge is 0.417 e. The summed E-state index contributed by atoms with van der Waals surface area (Å²) in [5.41, 5.74) is 0.